The normalized spacial score (nSPS) is 11.6. The molecule has 0 N–H and O–H groups in total. The van der Waals surface area contributed by atoms with Crippen LogP contribution in [0.1, 0.15) is 43.2 Å². The summed E-state index contributed by atoms with van der Waals surface area (Å²) in [6.07, 6.45) is 1.88. The van der Waals surface area contributed by atoms with Crippen molar-refractivity contribution in [2.75, 3.05) is 0 Å². The van der Waals surface area contributed by atoms with Gasteiger partial charge in [-0.3, -0.25) is 0 Å². The van der Waals surface area contributed by atoms with Crippen LogP contribution in [0.4, 0.5) is 0 Å². The fraction of sp³-hybridized carbons (Fsp3) is 0.176. The molecule has 4 nitrogen and oxygen atoms in total. The predicted molar refractivity (Wildman–Crippen MR) is 160 cm³/mol. The maximum Gasteiger partial charge on any atom is 0.261 e. The largest absolute Gasteiger partial charge is 0.403 e. The third-order valence-corrected chi connectivity index (χ3v) is 11.9. The molecule has 5 heteroatoms. The molecule has 0 aliphatic carbocycles. The second-order valence-electron chi connectivity index (χ2n) is 10.7. The number of nitrogens with zero attached hydrogens (tertiary/aromatic N) is 3. The molecule has 0 saturated heterocycles. The second kappa shape index (κ2) is 11.7. The lowest BCUT2D eigenvalue weighted by molar-refractivity contribution is 0.286. The van der Waals surface area contributed by atoms with Crippen molar-refractivity contribution in [2.45, 2.75) is 39.0 Å². The van der Waals surface area contributed by atoms with E-state index in [0.29, 0.717) is 18.8 Å². The van der Waals surface area contributed by atoms with Crippen LogP contribution in [0.25, 0.3) is 0 Å². The molecule has 0 spiro atoms. The molecule has 5 rings (SSSR count). The zero-order valence-corrected chi connectivity index (χ0v) is 23.7. The van der Waals surface area contributed by atoms with Crippen LogP contribution in [0, 0.1) is 11.8 Å². The molecule has 0 saturated carbocycles. The van der Waals surface area contributed by atoms with E-state index in [-0.39, 0.29) is 5.04 Å². The molecule has 194 valence electrons. The summed E-state index contributed by atoms with van der Waals surface area (Å²) in [5.41, 5.74) is 3.90. The van der Waals surface area contributed by atoms with Crippen LogP contribution in [0.15, 0.2) is 121 Å². The van der Waals surface area contributed by atoms with E-state index >= 15 is 0 Å². The van der Waals surface area contributed by atoms with Gasteiger partial charge in [0.15, 0.2) is 5.69 Å². The van der Waals surface area contributed by atoms with Crippen molar-refractivity contribution >= 4 is 18.7 Å². The van der Waals surface area contributed by atoms with Crippen LogP contribution in [-0.4, -0.2) is 23.3 Å². The first-order valence-electron chi connectivity index (χ1n) is 13.2. The summed E-state index contributed by atoms with van der Waals surface area (Å²) in [7, 11) is -2.58. The molecule has 0 atom stereocenters. The number of aromatic nitrogens is 3. The topological polar surface area (TPSA) is 39.9 Å². The monoisotopic (exact) mass is 527 g/mol. The highest BCUT2D eigenvalue weighted by Gasteiger charge is 2.50. The summed E-state index contributed by atoms with van der Waals surface area (Å²) in [6.45, 7) is 8.11. The van der Waals surface area contributed by atoms with Gasteiger partial charge in [0.05, 0.1) is 19.3 Å². The Balaban J connectivity index is 1.32. The van der Waals surface area contributed by atoms with Crippen molar-refractivity contribution in [1.29, 1.82) is 0 Å². The first kappa shape index (κ1) is 26.4. The van der Waals surface area contributed by atoms with Crippen molar-refractivity contribution in [3.8, 4) is 11.8 Å². The lowest BCUT2D eigenvalue weighted by atomic mass is 10.1. The Bertz CT molecular complexity index is 1510. The molecule has 0 bridgehead atoms. The molecule has 5 aromatic rings. The van der Waals surface area contributed by atoms with Crippen molar-refractivity contribution < 1.29 is 4.43 Å². The van der Waals surface area contributed by atoms with Crippen LogP contribution in [0.3, 0.4) is 0 Å². The molecule has 4 aromatic carbocycles. The molecule has 0 unspecified atom stereocenters. The van der Waals surface area contributed by atoms with Crippen molar-refractivity contribution in [2.24, 2.45) is 0 Å². The fourth-order valence-corrected chi connectivity index (χ4v) is 9.52. The zero-order valence-electron chi connectivity index (χ0n) is 22.7. The number of hydrogen-bond acceptors (Lipinski definition) is 3. The van der Waals surface area contributed by atoms with E-state index in [1.54, 1.807) is 0 Å². The van der Waals surface area contributed by atoms with Gasteiger partial charge >= 0.3 is 0 Å². The number of hydrogen-bond donors (Lipinski definition) is 0. The van der Waals surface area contributed by atoms with Crippen LogP contribution in [0.5, 0.6) is 0 Å². The first-order valence-corrected chi connectivity index (χ1v) is 15.1. The summed E-state index contributed by atoms with van der Waals surface area (Å²) in [4.78, 5) is 0. The Morgan fingerprint density at radius 2 is 1.26 bits per heavy atom. The minimum absolute atomic E-state index is 0.0565. The summed E-state index contributed by atoms with van der Waals surface area (Å²) in [5.74, 6) is 6.35. The lowest BCUT2D eigenvalue weighted by Gasteiger charge is -2.43. The van der Waals surface area contributed by atoms with E-state index in [1.807, 2.05) is 41.2 Å². The summed E-state index contributed by atoms with van der Waals surface area (Å²) < 4.78 is 8.87. The average molecular weight is 528 g/mol. The molecule has 0 radical (unpaired) electrons. The van der Waals surface area contributed by atoms with Crippen molar-refractivity contribution in [3.63, 3.8) is 0 Å². The fourth-order valence-electron chi connectivity index (χ4n) is 4.98. The zero-order chi connectivity index (χ0) is 27.1. The van der Waals surface area contributed by atoms with Gasteiger partial charge in [-0.2, -0.15) is 0 Å². The van der Waals surface area contributed by atoms with Gasteiger partial charge in [0, 0.05) is 5.56 Å². The van der Waals surface area contributed by atoms with E-state index in [4.69, 9.17) is 4.43 Å². The Morgan fingerprint density at radius 1 is 0.692 bits per heavy atom. The van der Waals surface area contributed by atoms with Gasteiger partial charge in [-0.25, -0.2) is 4.68 Å². The molecule has 0 amide bonds. The molecule has 39 heavy (non-hydrogen) atoms. The van der Waals surface area contributed by atoms with E-state index in [0.717, 1.165) is 11.1 Å². The quantitative estimate of drug-likeness (QED) is 0.198. The van der Waals surface area contributed by atoms with Crippen molar-refractivity contribution in [3.05, 3.63) is 144 Å². The standard InChI is InChI=1S/C34H33N3OSi/c1-34(2,3)39(32-15-9-5-10-16-32,33-17-11-6-12-18-33)38-27-30-21-19-28(20-22-30)23-24-31-26-37(36-35-31)25-29-13-7-4-8-14-29/h4-22,26H,25,27H2,1-3H3. The van der Waals surface area contributed by atoms with Gasteiger partial charge in [-0.05, 0) is 44.6 Å². The number of benzene rings is 4. The molecular weight excluding hydrogens is 494 g/mol. The smallest absolute Gasteiger partial charge is 0.261 e. The maximum absolute atomic E-state index is 7.05. The third-order valence-electron chi connectivity index (χ3n) is 6.89. The van der Waals surface area contributed by atoms with Crippen molar-refractivity contribution in [1.82, 2.24) is 15.0 Å². The van der Waals surface area contributed by atoms with Gasteiger partial charge in [-0.1, -0.05) is 135 Å². The maximum atomic E-state index is 7.05. The summed E-state index contributed by atoms with van der Waals surface area (Å²) in [6, 6.07) is 40.0. The van der Waals surface area contributed by atoms with E-state index in [9.17, 15) is 0 Å². The van der Waals surface area contributed by atoms with Crippen LogP contribution >= 0.6 is 0 Å². The molecule has 0 aliphatic heterocycles. The van der Waals surface area contributed by atoms with Gasteiger partial charge in [0.1, 0.15) is 0 Å². The molecule has 0 aliphatic rings. The summed E-state index contributed by atoms with van der Waals surface area (Å²) >= 11 is 0. The van der Waals surface area contributed by atoms with E-state index < -0.39 is 8.32 Å². The predicted octanol–water partition coefficient (Wildman–Crippen LogP) is 5.80. The Labute approximate surface area is 232 Å². The minimum atomic E-state index is -2.58. The molecule has 0 fully saturated rings. The van der Waals surface area contributed by atoms with Gasteiger partial charge in [0.25, 0.3) is 8.32 Å². The van der Waals surface area contributed by atoms with Crippen LogP contribution in [-0.2, 0) is 17.6 Å². The molecule has 1 aromatic heterocycles. The van der Waals surface area contributed by atoms with E-state index in [2.05, 4.69) is 128 Å². The molecular formula is C34H33N3OSi. The lowest BCUT2D eigenvalue weighted by Crippen LogP contribution is -2.66. The average Bonchev–Trinajstić information content (AvgIpc) is 3.41. The van der Waals surface area contributed by atoms with Gasteiger partial charge in [0.2, 0.25) is 0 Å². The van der Waals surface area contributed by atoms with Gasteiger partial charge in [-0.15, -0.1) is 5.10 Å². The third kappa shape index (κ3) is 6.09. The summed E-state index contributed by atoms with van der Waals surface area (Å²) in [5, 5.41) is 10.9. The minimum Gasteiger partial charge on any atom is -0.403 e. The second-order valence-corrected chi connectivity index (χ2v) is 15.0. The Morgan fingerprint density at radius 3 is 1.82 bits per heavy atom. The van der Waals surface area contributed by atoms with Crippen LogP contribution < -0.4 is 10.4 Å². The van der Waals surface area contributed by atoms with Crippen LogP contribution in [0.2, 0.25) is 5.04 Å². The Kier molecular flexibility index (Phi) is 7.88. The highest BCUT2D eigenvalue weighted by Crippen LogP contribution is 2.37. The SMILES string of the molecule is CC(C)(C)[Si](OCc1ccc(C#Cc2cn(Cc3ccccc3)nn2)cc1)(c1ccccc1)c1ccccc1. The highest BCUT2D eigenvalue weighted by molar-refractivity contribution is 6.99. The Hall–Kier alpha value is -4.24. The number of rotatable bonds is 7. The van der Waals surface area contributed by atoms with Gasteiger partial charge < -0.3 is 4.43 Å². The highest BCUT2D eigenvalue weighted by atomic mass is 28.4. The van der Waals surface area contributed by atoms with E-state index in [1.165, 1.54) is 15.9 Å². The first-order chi connectivity index (χ1) is 18.9. The molecule has 1 heterocycles.